The van der Waals surface area contributed by atoms with E-state index in [2.05, 4.69) is 23.0 Å². The minimum Gasteiger partial charge on any atom is -0.382 e. The molecule has 0 bridgehead atoms. The fourth-order valence-electron chi connectivity index (χ4n) is 1.40. The molecule has 2 rings (SSSR count). The van der Waals surface area contributed by atoms with E-state index in [9.17, 15) is 0 Å². The molecule has 0 atom stereocenters. The molecule has 0 unspecified atom stereocenters. The normalized spacial score (nSPS) is 10.5. The van der Waals surface area contributed by atoms with E-state index in [1.54, 1.807) is 6.20 Å². The largest absolute Gasteiger partial charge is 0.382 e. The van der Waals surface area contributed by atoms with Crippen LogP contribution in [0.15, 0.2) is 24.4 Å². The van der Waals surface area contributed by atoms with Gasteiger partial charge in [-0.25, -0.2) is 4.98 Å². The minimum absolute atomic E-state index is 0.473. The first-order valence-electron chi connectivity index (χ1n) is 4.31. The summed E-state index contributed by atoms with van der Waals surface area (Å²) in [7, 11) is 0. The number of rotatable bonds is 1. The number of hydrogen-bond acceptors (Lipinski definition) is 3. The van der Waals surface area contributed by atoms with Gasteiger partial charge in [-0.1, -0.05) is 19.1 Å². The van der Waals surface area contributed by atoms with Crippen LogP contribution in [0.3, 0.4) is 0 Å². The summed E-state index contributed by atoms with van der Waals surface area (Å²) in [6.07, 6.45) is 2.57. The molecule has 2 aromatic rings. The van der Waals surface area contributed by atoms with Gasteiger partial charge in [0.2, 0.25) is 0 Å². The van der Waals surface area contributed by atoms with Gasteiger partial charge in [-0.05, 0) is 18.1 Å². The van der Waals surface area contributed by atoms with Crippen LogP contribution in [0.2, 0.25) is 0 Å². The summed E-state index contributed by atoms with van der Waals surface area (Å²) in [6.45, 7) is 2.10. The fraction of sp³-hybridized carbons (Fsp3) is 0.200. The van der Waals surface area contributed by atoms with Crippen molar-refractivity contribution in [1.29, 1.82) is 0 Å². The van der Waals surface area contributed by atoms with Crippen molar-refractivity contribution in [2.45, 2.75) is 13.3 Å². The van der Waals surface area contributed by atoms with Gasteiger partial charge in [-0.3, -0.25) is 4.98 Å². The molecular weight excluding hydrogens is 162 g/mol. The summed E-state index contributed by atoms with van der Waals surface area (Å²) >= 11 is 0. The second-order valence-electron chi connectivity index (χ2n) is 2.93. The van der Waals surface area contributed by atoms with Crippen molar-refractivity contribution < 1.29 is 0 Å². The van der Waals surface area contributed by atoms with Crippen LogP contribution in [0.25, 0.3) is 11.0 Å². The maximum absolute atomic E-state index is 5.54. The van der Waals surface area contributed by atoms with Gasteiger partial charge in [-0.15, -0.1) is 0 Å². The molecular formula is C10H11N3. The Morgan fingerprint density at radius 2 is 2.23 bits per heavy atom. The molecule has 3 heteroatoms. The van der Waals surface area contributed by atoms with E-state index in [-0.39, 0.29) is 0 Å². The number of aryl methyl sites for hydroxylation is 1. The van der Waals surface area contributed by atoms with E-state index in [4.69, 9.17) is 5.73 Å². The standard InChI is InChI=1S/C10H11N3/c1-2-7-4-3-5-8-10(7)12-6-9(11)13-8/h3-6H,2H2,1H3,(H2,11,13). The predicted molar refractivity (Wildman–Crippen MR) is 53.3 cm³/mol. The number of para-hydroxylation sites is 1. The number of nitrogens with zero attached hydrogens (tertiary/aromatic N) is 2. The van der Waals surface area contributed by atoms with Gasteiger partial charge >= 0.3 is 0 Å². The first kappa shape index (κ1) is 7.98. The number of fused-ring (bicyclic) bond motifs is 1. The van der Waals surface area contributed by atoms with Gasteiger partial charge in [0.05, 0.1) is 17.2 Å². The average Bonchev–Trinajstić information content (AvgIpc) is 2.16. The highest BCUT2D eigenvalue weighted by Crippen LogP contribution is 2.15. The molecule has 0 radical (unpaired) electrons. The average molecular weight is 173 g/mol. The third kappa shape index (κ3) is 1.33. The smallest absolute Gasteiger partial charge is 0.142 e. The molecule has 1 heterocycles. The maximum atomic E-state index is 5.54. The molecule has 0 saturated carbocycles. The van der Waals surface area contributed by atoms with E-state index in [1.165, 1.54) is 5.56 Å². The van der Waals surface area contributed by atoms with E-state index >= 15 is 0 Å². The van der Waals surface area contributed by atoms with Crippen LogP contribution in [0, 0.1) is 0 Å². The van der Waals surface area contributed by atoms with Gasteiger partial charge in [0.1, 0.15) is 5.82 Å². The minimum atomic E-state index is 0.473. The number of anilines is 1. The number of aromatic nitrogens is 2. The summed E-state index contributed by atoms with van der Waals surface area (Å²) < 4.78 is 0. The zero-order chi connectivity index (χ0) is 9.26. The lowest BCUT2D eigenvalue weighted by Crippen LogP contribution is -1.94. The topological polar surface area (TPSA) is 51.8 Å². The Hall–Kier alpha value is -1.64. The second-order valence-corrected chi connectivity index (χ2v) is 2.93. The monoisotopic (exact) mass is 173 g/mol. The quantitative estimate of drug-likeness (QED) is 0.715. The molecule has 0 aliphatic rings. The van der Waals surface area contributed by atoms with Crippen molar-refractivity contribution in [2.75, 3.05) is 5.73 Å². The Balaban J connectivity index is 2.77. The summed E-state index contributed by atoms with van der Waals surface area (Å²) in [4.78, 5) is 8.46. The van der Waals surface area contributed by atoms with Crippen LogP contribution >= 0.6 is 0 Å². The van der Waals surface area contributed by atoms with Crippen LogP contribution in [-0.4, -0.2) is 9.97 Å². The van der Waals surface area contributed by atoms with Crippen LogP contribution < -0.4 is 5.73 Å². The third-order valence-electron chi connectivity index (χ3n) is 2.05. The van der Waals surface area contributed by atoms with Crippen LogP contribution in [0.5, 0.6) is 0 Å². The molecule has 3 nitrogen and oxygen atoms in total. The SMILES string of the molecule is CCc1cccc2nc(N)cnc12. The van der Waals surface area contributed by atoms with Crippen molar-refractivity contribution >= 4 is 16.9 Å². The molecule has 0 spiro atoms. The predicted octanol–water partition coefficient (Wildman–Crippen LogP) is 1.77. The molecule has 2 N–H and O–H groups in total. The number of hydrogen-bond donors (Lipinski definition) is 1. The van der Waals surface area contributed by atoms with Crippen molar-refractivity contribution in [1.82, 2.24) is 9.97 Å². The lowest BCUT2D eigenvalue weighted by atomic mass is 10.1. The summed E-state index contributed by atoms with van der Waals surface area (Å²) in [5.41, 5.74) is 8.59. The maximum Gasteiger partial charge on any atom is 0.142 e. The lowest BCUT2D eigenvalue weighted by molar-refractivity contribution is 1.14. The first-order valence-corrected chi connectivity index (χ1v) is 4.31. The third-order valence-corrected chi connectivity index (χ3v) is 2.05. The van der Waals surface area contributed by atoms with Crippen molar-refractivity contribution in [3.63, 3.8) is 0 Å². The van der Waals surface area contributed by atoms with Gasteiger partial charge < -0.3 is 5.73 Å². The Morgan fingerprint density at radius 3 is 3.00 bits per heavy atom. The Morgan fingerprint density at radius 1 is 1.38 bits per heavy atom. The van der Waals surface area contributed by atoms with Crippen LogP contribution in [-0.2, 0) is 6.42 Å². The van der Waals surface area contributed by atoms with Gasteiger partial charge in [-0.2, -0.15) is 0 Å². The van der Waals surface area contributed by atoms with Gasteiger partial charge in [0.25, 0.3) is 0 Å². The van der Waals surface area contributed by atoms with Gasteiger partial charge in [0.15, 0.2) is 0 Å². The molecule has 0 fully saturated rings. The number of nitrogen functional groups attached to an aromatic ring is 1. The zero-order valence-electron chi connectivity index (χ0n) is 7.49. The summed E-state index contributed by atoms with van der Waals surface area (Å²) in [5.74, 6) is 0.473. The van der Waals surface area contributed by atoms with Crippen molar-refractivity contribution in [3.8, 4) is 0 Å². The molecule has 0 aliphatic carbocycles. The molecule has 0 amide bonds. The lowest BCUT2D eigenvalue weighted by Gasteiger charge is -2.02. The highest BCUT2D eigenvalue weighted by Gasteiger charge is 2.00. The Bertz CT molecular complexity index is 437. The highest BCUT2D eigenvalue weighted by atomic mass is 14.9. The summed E-state index contributed by atoms with van der Waals surface area (Å²) in [6, 6.07) is 5.97. The number of benzene rings is 1. The van der Waals surface area contributed by atoms with E-state index in [1.807, 2.05) is 12.1 Å². The van der Waals surface area contributed by atoms with Crippen molar-refractivity contribution in [2.24, 2.45) is 0 Å². The first-order chi connectivity index (χ1) is 6.31. The van der Waals surface area contributed by atoms with E-state index in [0.717, 1.165) is 17.5 Å². The zero-order valence-corrected chi connectivity index (χ0v) is 7.49. The van der Waals surface area contributed by atoms with Crippen molar-refractivity contribution in [3.05, 3.63) is 30.0 Å². The molecule has 13 heavy (non-hydrogen) atoms. The molecule has 0 aliphatic heterocycles. The van der Waals surface area contributed by atoms with E-state index < -0.39 is 0 Å². The second kappa shape index (κ2) is 3.01. The number of nitrogens with two attached hydrogens (primary N) is 1. The Labute approximate surface area is 76.6 Å². The fourth-order valence-corrected chi connectivity index (χ4v) is 1.40. The molecule has 0 saturated heterocycles. The molecule has 66 valence electrons. The summed E-state index contributed by atoms with van der Waals surface area (Å²) in [5, 5.41) is 0. The highest BCUT2D eigenvalue weighted by molar-refractivity contribution is 5.78. The van der Waals surface area contributed by atoms with E-state index in [0.29, 0.717) is 5.82 Å². The molecule has 1 aromatic carbocycles. The van der Waals surface area contributed by atoms with Gasteiger partial charge in [0, 0.05) is 0 Å². The van der Waals surface area contributed by atoms with Crippen LogP contribution in [0.1, 0.15) is 12.5 Å². The van der Waals surface area contributed by atoms with Crippen LogP contribution in [0.4, 0.5) is 5.82 Å². The Kier molecular flexibility index (Phi) is 1.85. The molecule has 1 aromatic heterocycles.